The van der Waals surface area contributed by atoms with Crippen molar-refractivity contribution in [3.63, 3.8) is 0 Å². The Hall–Kier alpha value is -1.51. The average molecular weight is 232 g/mol. The summed E-state index contributed by atoms with van der Waals surface area (Å²) in [6.07, 6.45) is 4.49. The van der Waals surface area contributed by atoms with Crippen LogP contribution >= 0.6 is 0 Å². The second kappa shape index (κ2) is 5.21. The van der Waals surface area contributed by atoms with E-state index >= 15 is 0 Å². The van der Waals surface area contributed by atoms with Crippen LogP contribution in [0.1, 0.15) is 37.8 Å². The highest BCUT2D eigenvalue weighted by Gasteiger charge is 2.12. The van der Waals surface area contributed by atoms with Crippen LogP contribution in [0.15, 0.2) is 18.2 Å². The summed E-state index contributed by atoms with van der Waals surface area (Å²) in [7, 11) is 0. The number of anilines is 1. The number of hydrogen-bond donors (Lipinski definition) is 2. The summed E-state index contributed by atoms with van der Waals surface area (Å²) in [5.74, 6) is 0. The number of aryl methyl sites for hydroxylation is 2. The van der Waals surface area contributed by atoms with Crippen LogP contribution in [0.2, 0.25) is 0 Å². The van der Waals surface area contributed by atoms with Crippen molar-refractivity contribution in [2.45, 2.75) is 45.6 Å². The number of hydrogen-bond acceptors (Lipinski definition) is 1. The molecule has 0 unspecified atom stereocenters. The van der Waals surface area contributed by atoms with Crippen LogP contribution in [-0.4, -0.2) is 12.1 Å². The van der Waals surface area contributed by atoms with Crippen LogP contribution < -0.4 is 10.6 Å². The van der Waals surface area contributed by atoms with E-state index in [1.807, 2.05) is 13.0 Å². The van der Waals surface area contributed by atoms with Crippen LogP contribution in [0, 0.1) is 0 Å². The Bertz CT molecular complexity index is 415. The highest BCUT2D eigenvalue weighted by Crippen LogP contribution is 2.24. The van der Waals surface area contributed by atoms with E-state index in [2.05, 4.69) is 29.7 Å². The number of rotatable bonds is 3. The fraction of sp³-hybridized carbons (Fsp3) is 0.500. The van der Waals surface area contributed by atoms with Crippen LogP contribution in [0.25, 0.3) is 0 Å². The Morgan fingerprint density at radius 1 is 1.35 bits per heavy atom. The third-order valence-electron chi connectivity index (χ3n) is 3.35. The summed E-state index contributed by atoms with van der Waals surface area (Å²) in [5.41, 5.74) is 3.70. The molecular formula is C14H20N2O. The number of urea groups is 1. The molecule has 1 aromatic carbocycles. The lowest BCUT2D eigenvalue weighted by Crippen LogP contribution is -2.35. The standard InChI is InChI=1S/C14H20N2O/c1-3-10(2)15-14(17)16-13-8-7-11-5-4-6-12(11)9-13/h7-10H,3-6H2,1-2H3,(H2,15,16,17)/t10-/m1/s1. The highest BCUT2D eigenvalue weighted by molar-refractivity contribution is 5.89. The number of carbonyl (C=O) groups excluding carboxylic acids is 1. The molecule has 0 spiro atoms. The molecular weight excluding hydrogens is 212 g/mol. The Labute approximate surface area is 103 Å². The predicted molar refractivity (Wildman–Crippen MR) is 70.4 cm³/mol. The molecule has 1 aromatic rings. The smallest absolute Gasteiger partial charge is 0.319 e. The third-order valence-corrected chi connectivity index (χ3v) is 3.35. The highest BCUT2D eigenvalue weighted by atomic mass is 16.2. The van der Waals surface area contributed by atoms with Crippen molar-refractivity contribution in [3.8, 4) is 0 Å². The molecule has 2 amide bonds. The maximum absolute atomic E-state index is 11.7. The Morgan fingerprint density at radius 3 is 2.88 bits per heavy atom. The van der Waals surface area contributed by atoms with Gasteiger partial charge in [0.1, 0.15) is 0 Å². The van der Waals surface area contributed by atoms with Gasteiger partial charge in [-0.3, -0.25) is 0 Å². The van der Waals surface area contributed by atoms with Gasteiger partial charge in [0.2, 0.25) is 0 Å². The van der Waals surface area contributed by atoms with E-state index < -0.39 is 0 Å². The van der Waals surface area contributed by atoms with Gasteiger partial charge in [0.15, 0.2) is 0 Å². The van der Waals surface area contributed by atoms with Crippen molar-refractivity contribution in [1.29, 1.82) is 0 Å². The van der Waals surface area contributed by atoms with E-state index in [0.29, 0.717) is 0 Å². The van der Waals surface area contributed by atoms with E-state index in [1.165, 1.54) is 24.0 Å². The summed E-state index contributed by atoms with van der Waals surface area (Å²) in [5, 5.41) is 5.78. The first-order chi connectivity index (χ1) is 8.19. The lowest BCUT2D eigenvalue weighted by molar-refractivity contribution is 0.249. The molecule has 0 saturated heterocycles. The molecule has 0 aliphatic heterocycles. The molecule has 0 aromatic heterocycles. The Morgan fingerprint density at radius 2 is 2.12 bits per heavy atom. The van der Waals surface area contributed by atoms with Crippen molar-refractivity contribution in [2.24, 2.45) is 0 Å². The number of amides is 2. The molecule has 92 valence electrons. The number of carbonyl (C=O) groups is 1. The average Bonchev–Trinajstić information content (AvgIpc) is 2.75. The van der Waals surface area contributed by atoms with Gasteiger partial charge in [-0.25, -0.2) is 4.79 Å². The lowest BCUT2D eigenvalue weighted by atomic mass is 10.1. The zero-order chi connectivity index (χ0) is 12.3. The fourth-order valence-electron chi connectivity index (χ4n) is 2.14. The normalized spacial score (nSPS) is 15.2. The fourth-order valence-corrected chi connectivity index (χ4v) is 2.14. The zero-order valence-electron chi connectivity index (χ0n) is 10.5. The summed E-state index contributed by atoms with van der Waals surface area (Å²) in [4.78, 5) is 11.7. The van der Waals surface area contributed by atoms with E-state index in [1.54, 1.807) is 0 Å². The van der Waals surface area contributed by atoms with Crippen LogP contribution in [0.3, 0.4) is 0 Å². The van der Waals surface area contributed by atoms with Crippen molar-refractivity contribution in [1.82, 2.24) is 5.32 Å². The molecule has 0 saturated carbocycles. The van der Waals surface area contributed by atoms with Crippen LogP contribution in [0.5, 0.6) is 0 Å². The molecule has 0 radical (unpaired) electrons. The Balaban J connectivity index is 1.97. The topological polar surface area (TPSA) is 41.1 Å². The second-order valence-corrected chi connectivity index (χ2v) is 4.74. The summed E-state index contributed by atoms with van der Waals surface area (Å²) in [6, 6.07) is 6.31. The van der Waals surface area contributed by atoms with Crippen molar-refractivity contribution in [3.05, 3.63) is 29.3 Å². The molecule has 0 bridgehead atoms. The number of nitrogens with one attached hydrogen (secondary N) is 2. The number of fused-ring (bicyclic) bond motifs is 1. The minimum atomic E-state index is -0.114. The van der Waals surface area contributed by atoms with Crippen LogP contribution in [0.4, 0.5) is 10.5 Å². The lowest BCUT2D eigenvalue weighted by Gasteiger charge is -2.13. The predicted octanol–water partition coefficient (Wildman–Crippen LogP) is 3.10. The van der Waals surface area contributed by atoms with E-state index in [4.69, 9.17) is 0 Å². The van der Waals surface area contributed by atoms with Gasteiger partial charge in [-0.2, -0.15) is 0 Å². The monoisotopic (exact) mass is 232 g/mol. The molecule has 1 atom stereocenters. The van der Waals surface area contributed by atoms with Gasteiger partial charge in [-0.15, -0.1) is 0 Å². The molecule has 2 rings (SSSR count). The first kappa shape index (κ1) is 12.0. The van der Waals surface area contributed by atoms with E-state index in [-0.39, 0.29) is 12.1 Å². The third kappa shape index (κ3) is 2.99. The molecule has 0 fully saturated rings. The molecule has 2 N–H and O–H groups in total. The van der Waals surface area contributed by atoms with Gasteiger partial charge < -0.3 is 10.6 Å². The second-order valence-electron chi connectivity index (χ2n) is 4.74. The first-order valence-corrected chi connectivity index (χ1v) is 6.38. The van der Waals surface area contributed by atoms with Crippen LogP contribution in [-0.2, 0) is 12.8 Å². The van der Waals surface area contributed by atoms with E-state index in [9.17, 15) is 4.79 Å². The Kier molecular flexibility index (Phi) is 3.67. The maximum atomic E-state index is 11.7. The molecule has 17 heavy (non-hydrogen) atoms. The van der Waals surface area contributed by atoms with Gasteiger partial charge in [0, 0.05) is 11.7 Å². The summed E-state index contributed by atoms with van der Waals surface area (Å²) < 4.78 is 0. The first-order valence-electron chi connectivity index (χ1n) is 6.38. The SMILES string of the molecule is CC[C@@H](C)NC(=O)Nc1ccc2c(c1)CCC2. The van der Waals surface area contributed by atoms with Gasteiger partial charge in [0.05, 0.1) is 0 Å². The maximum Gasteiger partial charge on any atom is 0.319 e. The largest absolute Gasteiger partial charge is 0.335 e. The molecule has 3 nitrogen and oxygen atoms in total. The van der Waals surface area contributed by atoms with Gasteiger partial charge >= 0.3 is 6.03 Å². The van der Waals surface area contributed by atoms with Crippen molar-refractivity contribution >= 4 is 11.7 Å². The van der Waals surface area contributed by atoms with Crippen molar-refractivity contribution in [2.75, 3.05) is 5.32 Å². The van der Waals surface area contributed by atoms with Gasteiger partial charge in [0.25, 0.3) is 0 Å². The minimum Gasteiger partial charge on any atom is -0.335 e. The van der Waals surface area contributed by atoms with Gasteiger partial charge in [-0.05, 0) is 55.9 Å². The zero-order valence-corrected chi connectivity index (χ0v) is 10.5. The molecule has 1 aliphatic carbocycles. The summed E-state index contributed by atoms with van der Waals surface area (Å²) in [6.45, 7) is 4.06. The molecule has 3 heteroatoms. The molecule has 1 aliphatic rings. The summed E-state index contributed by atoms with van der Waals surface area (Å²) >= 11 is 0. The molecule has 0 heterocycles. The number of benzene rings is 1. The van der Waals surface area contributed by atoms with E-state index in [0.717, 1.165) is 18.5 Å². The quantitative estimate of drug-likeness (QED) is 0.826. The minimum absolute atomic E-state index is 0.114. The van der Waals surface area contributed by atoms with Gasteiger partial charge in [-0.1, -0.05) is 13.0 Å². The van der Waals surface area contributed by atoms with Crippen molar-refractivity contribution < 1.29 is 4.79 Å².